The summed E-state index contributed by atoms with van der Waals surface area (Å²) in [6, 6.07) is 23.3. The molecule has 1 N–H and O–H groups in total. The van der Waals surface area contributed by atoms with Gasteiger partial charge in [0.05, 0.1) is 5.92 Å². The van der Waals surface area contributed by atoms with Gasteiger partial charge in [-0.2, -0.15) is 0 Å². The van der Waals surface area contributed by atoms with Crippen LogP contribution < -0.4 is 4.74 Å². The highest BCUT2D eigenvalue weighted by Crippen LogP contribution is 2.36. The van der Waals surface area contributed by atoms with Crippen LogP contribution >= 0.6 is 0 Å². The number of rotatable bonds is 6. The molecule has 1 unspecified atom stereocenters. The first-order valence-electron chi connectivity index (χ1n) is 9.90. The fourth-order valence-corrected chi connectivity index (χ4v) is 3.46. The van der Waals surface area contributed by atoms with Crippen molar-refractivity contribution in [2.75, 3.05) is 0 Å². The highest BCUT2D eigenvalue weighted by atomic mass is 16.5. The van der Waals surface area contributed by atoms with E-state index in [4.69, 9.17) is 4.74 Å². The van der Waals surface area contributed by atoms with Crippen molar-refractivity contribution < 1.29 is 14.6 Å². The zero-order valence-electron chi connectivity index (χ0n) is 17.5. The van der Waals surface area contributed by atoms with Gasteiger partial charge < -0.3 is 9.84 Å². The molecule has 29 heavy (non-hydrogen) atoms. The van der Waals surface area contributed by atoms with Crippen LogP contribution in [-0.4, -0.2) is 11.1 Å². The molecule has 0 saturated carbocycles. The molecule has 0 aliphatic heterocycles. The van der Waals surface area contributed by atoms with E-state index < -0.39 is 11.9 Å². The minimum absolute atomic E-state index is 0.0221. The summed E-state index contributed by atoms with van der Waals surface area (Å²) < 4.78 is 6.24. The Bertz CT molecular complexity index is 967. The maximum Gasteiger partial charge on any atom is 0.311 e. The number of carboxylic acid groups (broad SMARTS) is 1. The fraction of sp³-hybridized carbons (Fsp3) is 0.269. The average molecular weight is 389 g/mol. The van der Waals surface area contributed by atoms with Crippen LogP contribution in [0.1, 0.15) is 48.9 Å². The lowest BCUT2D eigenvalue weighted by Crippen LogP contribution is -2.14. The molecule has 0 amide bonds. The average Bonchev–Trinajstić information content (AvgIpc) is 2.68. The van der Waals surface area contributed by atoms with Crippen molar-refractivity contribution in [2.24, 2.45) is 0 Å². The number of carboxylic acids is 1. The van der Waals surface area contributed by atoms with E-state index in [1.165, 1.54) is 0 Å². The zero-order chi connectivity index (χ0) is 21.0. The van der Waals surface area contributed by atoms with Crippen molar-refractivity contribution in [3.63, 3.8) is 0 Å². The van der Waals surface area contributed by atoms with E-state index in [1.807, 2.05) is 54.6 Å². The number of hydrogen-bond acceptors (Lipinski definition) is 2. The van der Waals surface area contributed by atoms with Crippen LogP contribution in [0.2, 0.25) is 0 Å². The Morgan fingerprint density at radius 3 is 2.17 bits per heavy atom. The van der Waals surface area contributed by atoms with Gasteiger partial charge in [0, 0.05) is 5.56 Å². The molecule has 0 aromatic heterocycles. The summed E-state index contributed by atoms with van der Waals surface area (Å²) in [6.07, 6.45) is 0.442. The van der Waals surface area contributed by atoms with E-state index in [0.717, 1.165) is 33.8 Å². The van der Waals surface area contributed by atoms with Crippen molar-refractivity contribution in [3.05, 3.63) is 95.1 Å². The molecule has 0 bridgehead atoms. The minimum Gasteiger partial charge on any atom is -0.481 e. The normalized spacial score (nSPS) is 12.4. The highest BCUT2D eigenvalue weighted by Gasteiger charge is 2.22. The number of para-hydroxylation sites is 1. The molecule has 3 rings (SSSR count). The first kappa shape index (κ1) is 20.7. The van der Waals surface area contributed by atoms with E-state index in [1.54, 1.807) is 0 Å². The molecular formula is C26H28O3. The maximum atomic E-state index is 11.8. The summed E-state index contributed by atoms with van der Waals surface area (Å²) in [4.78, 5) is 11.8. The third-order valence-corrected chi connectivity index (χ3v) is 5.10. The van der Waals surface area contributed by atoms with Crippen LogP contribution in [0.15, 0.2) is 72.8 Å². The lowest BCUT2D eigenvalue weighted by atomic mass is 9.85. The second kappa shape index (κ2) is 8.52. The first-order chi connectivity index (χ1) is 13.8. The molecule has 0 spiro atoms. The van der Waals surface area contributed by atoms with E-state index in [2.05, 4.69) is 45.9 Å². The number of aryl methyl sites for hydroxylation is 1. The molecule has 1 atom stereocenters. The number of aliphatic carboxylic acids is 1. The summed E-state index contributed by atoms with van der Waals surface area (Å²) in [7, 11) is 0. The predicted molar refractivity (Wildman–Crippen MR) is 117 cm³/mol. The largest absolute Gasteiger partial charge is 0.481 e. The van der Waals surface area contributed by atoms with Crippen molar-refractivity contribution in [1.29, 1.82) is 0 Å². The van der Waals surface area contributed by atoms with Gasteiger partial charge >= 0.3 is 5.97 Å². The summed E-state index contributed by atoms with van der Waals surface area (Å²) in [6.45, 7) is 8.57. The quantitative estimate of drug-likeness (QED) is 0.524. The van der Waals surface area contributed by atoms with Crippen LogP contribution in [0.4, 0.5) is 0 Å². The summed E-state index contributed by atoms with van der Waals surface area (Å²) in [5, 5.41) is 9.65. The Hall–Kier alpha value is -3.07. The first-order valence-corrected chi connectivity index (χ1v) is 9.90. The van der Waals surface area contributed by atoms with Gasteiger partial charge in [0.2, 0.25) is 0 Å². The van der Waals surface area contributed by atoms with Crippen molar-refractivity contribution in [3.8, 4) is 11.5 Å². The smallest absolute Gasteiger partial charge is 0.311 e. The van der Waals surface area contributed by atoms with Gasteiger partial charge in [0.15, 0.2) is 0 Å². The third kappa shape index (κ3) is 5.05. The van der Waals surface area contributed by atoms with Crippen LogP contribution in [0.5, 0.6) is 11.5 Å². The van der Waals surface area contributed by atoms with Crippen molar-refractivity contribution >= 4 is 5.97 Å². The predicted octanol–water partition coefficient (Wildman–Crippen LogP) is 6.50. The Labute approximate surface area is 173 Å². The van der Waals surface area contributed by atoms with Crippen LogP contribution in [0, 0.1) is 6.92 Å². The van der Waals surface area contributed by atoms with Gasteiger partial charge in [0.1, 0.15) is 11.5 Å². The Morgan fingerprint density at radius 2 is 1.59 bits per heavy atom. The van der Waals surface area contributed by atoms with E-state index in [9.17, 15) is 9.90 Å². The van der Waals surface area contributed by atoms with E-state index >= 15 is 0 Å². The molecule has 3 aromatic carbocycles. The van der Waals surface area contributed by atoms with Crippen LogP contribution in [-0.2, 0) is 16.6 Å². The van der Waals surface area contributed by atoms with Gasteiger partial charge in [-0.25, -0.2) is 0 Å². The molecular weight excluding hydrogens is 360 g/mol. The highest BCUT2D eigenvalue weighted by molar-refractivity contribution is 5.76. The fourth-order valence-electron chi connectivity index (χ4n) is 3.46. The minimum atomic E-state index is -0.814. The van der Waals surface area contributed by atoms with Gasteiger partial charge in [0.25, 0.3) is 0 Å². The molecule has 0 saturated heterocycles. The Morgan fingerprint density at radius 1 is 0.931 bits per heavy atom. The lowest BCUT2D eigenvalue weighted by Gasteiger charge is -2.24. The van der Waals surface area contributed by atoms with Crippen LogP contribution in [0.3, 0.4) is 0 Å². The standard InChI is InChI=1S/C26H28O3/c1-18-9-8-12-23(26(2,3)4)24(18)29-21-15-13-19(14-16-21)17-22(25(27)28)20-10-6-5-7-11-20/h5-16,22H,17H2,1-4H3,(H,27,28). The molecule has 3 aromatic rings. The monoisotopic (exact) mass is 388 g/mol. The second-order valence-electron chi connectivity index (χ2n) is 8.45. The molecule has 0 aliphatic rings. The van der Waals surface area contributed by atoms with Crippen LogP contribution in [0.25, 0.3) is 0 Å². The van der Waals surface area contributed by atoms with E-state index in [-0.39, 0.29) is 5.41 Å². The molecule has 0 fully saturated rings. The third-order valence-electron chi connectivity index (χ3n) is 5.10. The molecule has 3 heteroatoms. The lowest BCUT2D eigenvalue weighted by molar-refractivity contribution is -0.138. The number of carbonyl (C=O) groups is 1. The van der Waals surface area contributed by atoms with Gasteiger partial charge in [-0.1, -0.05) is 81.4 Å². The molecule has 0 aliphatic carbocycles. The van der Waals surface area contributed by atoms with Gasteiger partial charge in [-0.05, 0) is 47.6 Å². The van der Waals surface area contributed by atoms with E-state index in [0.29, 0.717) is 6.42 Å². The number of hydrogen-bond donors (Lipinski definition) is 1. The van der Waals surface area contributed by atoms with Crippen molar-refractivity contribution in [2.45, 2.75) is 45.4 Å². The topological polar surface area (TPSA) is 46.5 Å². The maximum absolute atomic E-state index is 11.8. The Kier molecular flexibility index (Phi) is 6.07. The van der Waals surface area contributed by atoms with Gasteiger partial charge in [-0.3, -0.25) is 4.79 Å². The number of ether oxygens (including phenoxy) is 1. The molecule has 0 radical (unpaired) electrons. The summed E-state index contributed by atoms with van der Waals surface area (Å²) in [5.41, 5.74) is 4.02. The molecule has 3 nitrogen and oxygen atoms in total. The van der Waals surface area contributed by atoms with Gasteiger partial charge in [-0.15, -0.1) is 0 Å². The molecule has 150 valence electrons. The number of benzene rings is 3. The molecule has 0 heterocycles. The SMILES string of the molecule is Cc1cccc(C(C)(C)C)c1Oc1ccc(CC(C(=O)O)c2ccccc2)cc1. The second-order valence-corrected chi connectivity index (χ2v) is 8.45. The van der Waals surface area contributed by atoms with Crippen molar-refractivity contribution in [1.82, 2.24) is 0 Å². The summed E-state index contributed by atoms with van der Waals surface area (Å²) >= 11 is 0. The Balaban J connectivity index is 1.80. The summed E-state index contributed by atoms with van der Waals surface area (Å²) in [5.74, 6) is 0.263. The zero-order valence-corrected chi connectivity index (χ0v) is 17.5.